The van der Waals surface area contributed by atoms with Crippen LogP contribution in [0.25, 0.3) is 0 Å². The molecule has 2 saturated heterocycles. The molecule has 7 nitrogen and oxygen atoms in total. The maximum absolute atomic E-state index is 12.8. The van der Waals surface area contributed by atoms with Gasteiger partial charge in [-0.15, -0.1) is 0 Å². The lowest BCUT2D eigenvalue weighted by Gasteiger charge is -2.36. The van der Waals surface area contributed by atoms with Gasteiger partial charge in [0.1, 0.15) is 11.6 Å². The number of hydrogen-bond donors (Lipinski definition) is 0. The second-order valence-corrected chi connectivity index (χ2v) is 7.91. The molecule has 0 N–H and O–H groups in total. The normalized spacial score (nSPS) is 18.2. The molecule has 1 amide bonds. The zero-order valence-electron chi connectivity index (χ0n) is 17.2. The molecule has 0 unspecified atom stereocenters. The lowest BCUT2D eigenvalue weighted by atomic mass is 9.96. The standard InChI is InChI=1S/C22H27ClN4O3/c1-2-30-22(29)17-6-8-27(9-7-17)21(28)18(15-24)16-25-10-12-26(13-11-25)20-5-3-4-19(23)14-20/h3-5,14,16-17H,2,6-13H2,1H3/b18-16-. The van der Waals surface area contributed by atoms with Crippen molar-refractivity contribution in [2.75, 3.05) is 50.8 Å². The number of amides is 1. The van der Waals surface area contributed by atoms with Crippen LogP contribution in [0.5, 0.6) is 0 Å². The molecule has 0 aliphatic carbocycles. The summed E-state index contributed by atoms with van der Waals surface area (Å²) in [6.45, 7) is 6.09. The summed E-state index contributed by atoms with van der Waals surface area (Å²) >= 11 is 6.08. The number of hydrogen-bond acceptors (Lipinski definition) is 6. The third-order valence-corrected chi connectivity index (χ3v) is 5.79. The van der Waals surface area contributed by atoms with Crippen LogP contribution >= 0.6 is 11.6 Å². The molecule has 160 valence electrons. The Morgan fingerprint density at radius 3 is 2.50 bits per heavy atom. The number of ether oxygens (including phenoxy) is 1. The van der Waals surface area contributed by atoms with Gasteiger partial charge in [-0.1, -0.05) is 17.7 Å². The van der Waals surface area contributed by atoms with Gasteiger partial charge in [0.05, 0.1) is 12.5 Å². The number of piperidine rings is 1. The monoisotopic (exact) mass is 430 g/mol. The Kier molecular flexibility index (Phi) is 7.58. The number of benzene rings is 1. The molecular weight excluding hydrogens is 404 g/mol. The molecule has 3 rings (SSSR count). The number of esters is 1. The van der Waals surface area contributed by atoms with Gasteiger partial charge in [-0.3, -0.25) is 9.59 Å². The minimum absolute atomic E-state index is 0.140. The van der Waals surface area contributed by atoms with Crippen LogP contribution in [0.15, 0.2) is 36.0 Å². The maximum Gasteiger partial charge on any atom is 0.309 e. The number of rotatable bonds is 5. The molecule has 0 bridgehead atoms. The van der Waals surface area contributed by atoms with Gasteiger partial charge in [-0.25, -0.2) is 0 Å². The van der Waals surface area contributed by atoms with E-state index in [4.69, 9.17) is 16.3 Å². The highest BCUT2D eigenvalue weighted by atomic mass is 35.5. The number of piperazine rings is 1. The smallest absolute Gasteiger partial charge is 0.309 e. The van der Waals surface area contributed by atoms with Gasteiger partial charge in [0.15, 0.2) is 0 Å². The van der Waals surface area contributed by atoms with Crippen LogP contribution in [0.2, 0.25) is 5.02 Å². The van der Waals surface area contributed by atoms with Crippen molar-refractivity contribution in [1.29, 1.82) is 5.26 Å². The SMILES string of the molecule is CCOC(=O)C1CCN(C(=O)/C(C#N)=C\N2CCN(c3cccc(Cl)c3)CC2)CC1. The van der Waals surface area contributed by atoms with Gasteiger partial charge in [0, 0.05) is 56.2 Å². The molecule has 2 aliphatic heterocycles. The van der Waals surface area contributed by atoms with Crippen LogP contribution in [-0.2, 0) is 14.3 Å². The van der Waals surface area contributed by atoms with Crippen molar-refractivity contribution in [3.05, 3.63) is 41.1 Å². The molecule has 1 aromatic rings. The Bertz CT molecular complexity index is 835. The van der Waals surface area contributed by atoms with Crippen LogP contribution in [0.1, 0.15) is 19.8 Å². The molecule has 30 heavy (non-hydrogen) atoms. The molecule has 2 aliphatic rings. The molecule has 0 atom stereocenters. The van der Waals surface area contributed by atoms with Gasteiger partial charge in [0.25, 0.3) is 5.91 Å². The Morgan fingerprint density at radius 2 is 1.90 bits per heavy atom. The summed E-state index contributed by atoms with van der Waals surface area (Å²) in [6.07, 6.45) is 2.82. The highest BCUT2D eigenvalue weighted by molar-refractivity contribution is 6.30. The summed E-state index contributed by atoms with van der Waals surface area (Å²) in [5, 5.41) is 10.2. The first-order chi connectivity index (χ1) is 14.5. The first kappa shape index (κ1) is 22.0. The summed E-state index contributed by atoms with van der Waals surface area (Å²) in [5.41, 5.74) is 1.22. The van der Waals surface area contributed by atoms with E-state index in [1.165, 1.54) is 0 Å². The Balaban J connectivity index is 1.54. The van der Waals surface area contributed by atoms with Crippen LogP contribution < -0.4 is 4.90 Å². The van der Waals surface area contributed by atoms with Gasteiger partial charge in [0.2, 0.25) is 0 Å². The largest absolute Gasteiger partial charge is 0.466 e. The van der Waals surface area contributed by atoms with E-state index >= 15 is 0 Å². The molecule has 2 heterocycles. The number of halogens is 1. The summed E-state index contributed by atoms with van der Waals surface area (Å²) in [7, 11) is 0. The van der Waals surface area contributed by atoms with E-state index in [2.05, 4.69) is 11.0 Å². The van der Waals surface area contributed by atoms with Crippen LogP contribution in [0.3, 0.4) is 0 Å². The Morgan fingerprint density at radius 1 is 1.20 bits per heavy atom. The minimum atomic E-state index is -0.267. The van der Waals surface area contributed by atoms with Crippen molar-refractivity contribution in [1.82, 2.24) is 9.80 Å². The van der Waals surface area contributed by atoms with Gasteiger partial charge in [-0.2, -0.15) is 5.26 Å². The lowest BCUT2D eigenvalue weighted by molar-refractivity contribution is -0.150. The first-order valence-corrected chi connectivity index (χ1v) is 10.7. The van der Waals surface area contributed by atoms with E-state index in [1.807, 2.05) is 29.2 Å². The Labute approximate surface area is 182 Å². The predicted molar refractivity (Wildman–Crippen MR) is 115 cm³/mol. The molecule has 8 heteroatoms. The second kappa shape index (κ2) is 10.4. The fourth-order valence-electron chi connectivity index (χ4n) is 3.85. The van der Waals surface area contributed by atoms with E-state index in [0.717, 1.165) is 31.9 Å². The van der Waals surface area contributed by atoms with Crippen LogP contribution in [-0.4, -0.2) is 67.6 Å². The summed E-state index contributed by atoms with van der Waals surface area (Å²) in [5.74, 6) is -0.626. The maximum atomic E-state index is 12.8. The molecule has 0 spiro atoms. The summed E-state index contributed by atoms with van der Waals surface area (Å²) in [4.78, 5) is 30.6. The van der Waals surface area contributed by atoms with Gasteiger partial charge >= 0.3 is 5.97 Å². The van der Waals surface area contributed by atoms with Crippen molar-refractivity contribution in [3.63, 3.8) is 0 Å². The number of likely N-dealkylation sites (tertiary alicyclic amines) is 1. The van der Waals surface area contributed by atoms with E-state index in [9.17, 15) is 14.9 Å². The highest BCUT2D eigenvalue weighted by Crippen LogP contribution is 2.22. The van der Waals surface area contributed by atoms with Crippen molar-refractivity contribution < 1.29 is 14.3 Å². The topological polar surface area (TPSA) is 76.9 Å². The number of nitrogens with zero attached hydrogens (tertiary/aromatic N) is 4. The fraction of sp³-hybridized carbons (Fsp3) is 0.500. The lowest BCUT2D eigenvalue weighted by Crippen LogP contribution is -2.45. The van der Waals surface area contributed by atoms with E-state index in [0.29, 0.717) is 37.6 Å². The van der Waals surface area contributed by atoms with Gasteiger partial charge < -0.3 is 19.4 Å². The quantitative estimate of drug-likeness (QED) is 0.406. The molecule has 0 radical (unpaired) electrons. The average Bonchev–Trinajstić information content (AvgIpc) is 2.77. The zero-order chi connectivity index (χ0) is 21.5. The molecule has 0 saturated carbocycles. The number of carbonyl (C=O) groups excluding carboxylic acids is 2. The minimum Gasteiger partial charge on any atom is -0.466 e. The highest BCUT2D eigenvalue weighted by Gasteiger charge is 2.30. The number of nitriles is 1. The van der Waals surface area contributed by atoms with E-state index in [-0.39, 0.29) is 23.4 Å². The van der Waals surface area contributed by atoms with Crippen molar-refractivity contribution in [2.24, 2.45) is 5.92 Å². The van der Waals surface area contributed by atoms with Crippen molar-refractivity contribution >= 4 is 29.2 Å². The van der Waals surface area contributed by atoms with E-state index in [1.54, 1.807) is 18.0 Å². The molecule has 0 aromatic heterocycles. The van der Waals surface area contributed by atoms with Gasteiger partial charge in [-0.05, 0) is 38.0 Å². The number of carbonyl (C=O) groups is 2. The van der Waals surface area contributed by atoms with E-state index < -0.39 is 0 Å². The summed E-state index contributed by atoms with van der Waals surface area (Å²) in [6, 6.07) is 9.81. The molecule has 2 fully saturated rings. The third kappa shape index (κ3) is 5.45. The third-order valence-electron chi connectivity index (χ3n) is 5.55. The molecule has 1 aromatic carbocycles. The second-order valence-electron chi connectivity index (χ2n) is 7.48. The molecular formula is C22H27ClN4O3. The average molecular weight is 431 g/mol. The van der Waals surface area contributed by atoms with Crippen LogP contribution in [0.4, 0.5) is 5.69 Å². The van der Waals surface area contributed by atoms with Crippen LogP contribution in [0, 0.1) is 17.2 Å². The summed E-state index contributed by atoms with van der Waals surface area (Å²) < 4.78 is 5.07. The predicted octanol–water partition coefficient (Wildman–Crippen LogP) is 2.67. The Hall–Kier alpha value is -2.72. The van der Waals surface area contributed by atoms with Crippen molar-refractivity contribution in [3.8, 4) is 6.07 Å². The first-order valence-electron chi connectivity index (χ1n) is 10.3. The number of anilines is 1. The van der Waals surface area contributed by atoms with Crippen molar-refractivity contribution in [2.45, 2.75) is 19.8 Å². The fourth-order valence-corrected chi connectivity index (χ4v) is 4.03. The zero-order valence-corrected chi connectivity index (χ0v) is 18.0.